The zero-order valence-corrected chi connectivity index (χ0v) is 11.2. The maximum Gasteiger partial charge on any atom is 0.0220 e. The summed E-state index contributed by atoms with van der Waals surface area (Å²) in [5.74, 6) is 1.73. The molecular formula is C14H28N2. The highest BCUT2D eigenvalue weighted by atomic mass is 15.2. The van der Waals surface area contributed by atoms with Crippen molar-refractivity contribution in [3.63, 3.8) is 0 Å². The number of nitrogens with one attached hydrogen (secondary N) is 1. The quantitative estimate of drug-likeness (QED) is 0.775. The molecule has 2 aliphatic rings. The van der Waals surface area contributed by atoms with Gasteiger partial charge in [0.25, 0.3) is 0 Å². The van der Waals surface area contributed by atoms with E-state index in [0.717, 1.165) is 23.9 Å². The van der Waals surface area contributed by atoms with E-state index >= 15 is 0 Å². The molecule has 0 spiro atoms. The van der Waals surface area contributed by atoms with E-state index in [-0.39, 0.29) is 0 Å². The Morgan fingerprint density at radius 3 is 2.75 bits per heavy atom. The van der Waals surface area contributed by atoms with Gasteiger partial charge in [0, 0.05) is 25.2 Å². The van der Waals surface area contributed by atoms with Crippen LogP contribution in [0.15, 0.2) is 0 Å². The fraction of sp³-hybridized carbons (Fsp3) is 1.00. The SMILES string of the molecule is CC(C)C[C@@H]1CNC2CCCCC2CN1C. The Bertz CT molecular complexity index is 215. The molecule has 2 rings (SSSR count). The molecule has 3 atom stereocenters. The Balaban J connectivity index is 1.94. The summed E-state index contributed by atoms with van der Waals surface area (Å²) in [6.07, 6.45) is 7.07. The Hall–Kier alpha value is -0.0800. The fourth-order valence-corrected chi connectivity index (χ4v) is 3.46. The molecule has 1 aliphatic heterocycles. The number of likely N-dealkylation sites (N-methyl/N-ethyl adjacent to an activating group) is 1. The van der Waals surface area contributed by atoms with Gasteiger partial charge in [-0.3, -0.25) is 0 Å². The lowest BCUT2D eigenvalue weighted by molar-refractivity contribution is 0.188. The summed E-state index contributed by atoms with van der Waals surface area (Å²) in [5.41, 5.74) is 0. The van der Waals surface area contributed by atoms with E-state index in [4.69, 9.17) is 0 Å². The fourth-order valence-electron chi connectivity index (χ4n) is 3.46. The van der Waals surface area contributed by atoms with Crippen LogP contribution in [-0.4, -0.2) is 37.1 Å². The van der Waals surface area contributed by atoms with Crippen molar-refractivity contribution in [1.29, 1.82) is 0 Å². The minimum atomic E-state index is 0.755. The summed E-state index contributed by atoms with van der Waals surface area (Å²) >= 11 is 0. The Morgan fingerprint density at radius 2 is 2.00 bits per heavy atom. The maximum atomic E-state index is 3.83. The molecule has 1 aliphatic carbocycles. The van der Waals surface area contributed by atoms with Crippen LogP contribution < -0.4 is 5.32 Å². The summed E-state index contributed by atoms with van der Waals surface area (Å²) in [6.45, 7) is 7.20. The van der Waals surface area contributed by atoms with Crippen molar-refractivity contribution in [1.82, 2.24) is 10.2 Å². The van der Waals surface area contributed by atoms with E-state index in [1.54, 1.807) is 0 Å². The number of hydrogen-bond acceptors (Lipinski definition) is 2. The normalized spacial score (nSPS) is 37.1. The summed E-state index contributed by atoms with van der Waals surface area (Å²) in [5, 5.41) is 3.83. The largest absolute Gasteiger partial charge is 0.312 e. The van der Waals surface area contributed by atoms with E-state index in [9.17, 15) is 0 Å². The van der Waals surface area contributed by atoms with E-state index in [1.165, 1.54) is 45.2 Å². The number of fused-ring (bicyclic) bond motifs is 1. The lowest BCUT2D eigenvalue weighted by atomic mass is 9.84. The van der Waals surface area contributed by atoms with Gasteiger partial charge in [-0.1, -0.05) is 26.7 Å². The molecule has 0 amide bonds. The van der Waals surface area contributed by atoms with Gasteiger partial charge < -0.3 is 10.2 Å². The van der Waals surface area contributed by atoms with Gasteiger partial charge in [0.15, 0.2) is 0 Å². The van der Waals surface area contributed by atoms with Gasteiger partial charge in [0.1, 0.15) is 0 Å². The summed E-state index contributed by atoms with van der Waals surface area (Å²) in [7, 11) is 2.33. The summed E-state index contributed by atoms with van der Waals surface area (Å²) in [6, 6.07) is 1.57. The molecule has 16 heavy (non-hydrogen) atoms. The molecule has 1 heterocycles. The monoisotopic (exact) mass is 224 g/mol. The van der Waals surface area contributed by atoms with Crippen molar-refractivity contribution in [3.05, 3.63) is 0 Å². The lowest BCUT2D eigenvalue weighted by Gasteiger charge is -2.32. The second-order valence-electron chi connectivity index (χ2n) is 6.28. The molecule has 0 aromatic rings. The van der Waals surface area contributed by atoms with Crippen molar-refractivity contribution >= 4 is 0 Å². The van der Waals surface area contributed by atoms with Gasteiger partial charge >= 0.3 is 0 Å². The van der Waals surface area contributed by atoms with Crippen molar-refractivity contribution in [3.8, 4) is 0 Å². The third-order valence-electron chi connectivity index (χ3n) is 4.41. The van der Waals surface area contributed by atoms with E-state index in [1.807, 2.05) is 0 Å². The van der Waals surface area contributed by atoms with Crippen molar-refractivity contribution < 1.29 is 0 Å². The van der Waals surface area contributed by atoms with Crippen LogP contribution in [0.5, 0.6) is 0 Å². The topological polar surface area (TPSA) is 15.3 Å². The predicted octanol–water partition coefficient (Wildman–Crippen LogP) is 2.49. The highest BCUT2D eigenvalue weighted by Crippen LogP contribution is 2.28. The highest BCUT2D eigenvalue weighted by molar-refractivity contribution is 4.89. The molecule has 0 radical (unpaired) electrons. The smallest absolute Gasteiger partial charge is 0.0220 e. The summed E-state index contributed by atoms with van der Waals surface area (Å²) < 4.78 is 0. The Morgan fingerprint density at radius 1 is 1.25 bits per heavy atom. The first-order chi connectivity index (χ1) is 7.66. The molecule has 0 bridgehead atoms. The number of nitrogens with zero attached hydrogens (tertiary/aromatic N) is 1. The van der Waals surface area contributed by atoms with Gasteiger partial charge in [-0.25, -0.2) is 0 Å². The van der Waals surface area contributed by atoms with Crippen molar-refractivity contribution in [2.24, 2.45) is 11.8 Å². The molecule has 2 fully saturated rings. The molecule has 1 saturated heterocycles. The van der Waals surface area contributed by atoms with Crippen LogP contribution >= 0.6 is 0 Å². The predicted molar refractivity (Wildman–Crippen MR) is 69.6 cm³/mol. The number of rotatable bonds is 2. The molecule has 0 aromatic carbocycles. The molecule has 2 heteroatoms. The molecule has 0 aromatic heterocycles. The standard InChI is InChI=1S/C14H28N2/c1-11(2)8-13-9-15-14-7-5-4-6-12(14)10-16(13)3/h11-15H,4-10H2,1-3H3/t12?,13-,14?/m1/s1. The van der Waals surface area contributed by atoms with Gasteiger partial charge in [-0.2, -0.15) is 0 Å². The highest BCUT2D eigenvalue weighted by Gasteiger charge is 2.31. The van der Waals surface area contributed by atoms with E-state index in [2.05, 4.69) is 31.1 Å². The van der Waals surface area contributed by atoms with E-state index < -0.39 is 0 Å². The second-order valence-corrected chi connectivity index (χ2v) is 6.28. The third kappa shape index (κ3) is 2.98. The van der Waals surface area contributed by atoms with Crippen LogP contribution in [0.1, 0.15) is 46.0 Å². The lowest BCUT2D eigenvalue weighted by Crippen LogP contribution is -2.39. The average Bonchev–Trinajstić information content (AvgIpc) is 2.39. The van der Waals surface area contributed by atoms with Gasteiger partial charge in [0.2, 0.25) is 0 Å². The zero-order chi connectivity index (χ0) is 11.5. The second kappa shape index (κ2) is 5.50. The molecule has 2 nitrogen and oxygen atoms in total. The minimum absolute atomic E-state index is 0.755. The molecule has 94 valence electrons. The van der Waals surface area contributed by atoms with Gasteiger partial charge in [-0.05, 0) is 38.1 Å². The molecule has 2 unspecified atom stereocenters. The molecular weight excluding hydrogens is 196 g/mol. The van der Waals surface area contributed by atoms with E-state index in [0.29, 0.717) is 0 Å². The first-order valence-electron chi connectivity index (χ1n) is 7.10. The average molecular weight is 224 g/mol. The van der Waals surface area contributed by atoms with Crippen LogP contribution in [-0.2, 0) is 0 Å². The first-order valence-corrected chi connectivity index (χ1v) is 7.10. The Labute approximate surface area is 101 Å². The minimum Gasteiger partial charge on any atom is -0.312 e. The summed E-state index contributed by atoms with van der Waals surface area (Å²) in [4.78, 5) is 2.61. The van der Waals surface area contributed by atoms with Crippen LogP contribution in [0.25, 0.3) is 0 Å². The van der Waals surface area contributed by atoms with Crippen molar-refractivity contribution in [2.75, 3.05) is 20.1 Å². The Kier molecular flexibility index (Phi) is 4.26. The maximum absolute atomic E-state index is 3.83. The molecule has 1 N–H and O–H groups in total. The number of hydrogen-bond donors (Lipinski definition) is 1. The van der Waals surface area contributed by atoms with Crippen LogP contribution in [0, 0.1) is 11.8 Å². The van der Waals surface area contributed by atoms with Crippen LogP contribution in [0.4, 0.5) is 0 Å². The van der Waals surface area contributed by atoms with Gasteiger partial charge in [-0.15, -0.1) is 0 Å². The van der Waals surface area contributed by atoms with Crippen LogP contribution in [0.3, 0.4) is 0 Å². The van der Waals surface area contributed by atoms with Crippen LogP contribution in [0.2, 0.25) is 0 Å². The zero-order valence-electron chi connectivity index (χ0n) is 11.2. The first kappa shape index (κ1) is 12.4. The third-order valence-corrected chi connectivity index (χ3v) is 4.41. The van der Waals surface area contributed by atoms with Gasteiger partial charge in [0.05, 0.1) is 0 Å². The van der Waals surface area contributed by atoms with Crippen molar-refractivity contribution in [2.45, 2.75) is 58.0 Å². The molecule has 1 saturated carbocycles.